The minimum atomic E-state index is -4.18. The highest BCUT2D eigenvalue weighted by molar-refractivity contribution is 14.0. The zero-order valence-electron chi connectivity index (χ0n) is 14.0. The van der Waals surface area contributed by atoms with Gasteiger partial charge in [-0.15, -0.1) is 24.0 Å². The zero-order valence-corrected chi connectivity index (χ0v) is 17.2. The average Bonchev–Trinajstić information content (AvgIpc) is 3.02. The lowest BCUT2D eigenvalue weighted by atomic mass is 10.3. The van der Waals surface area contributed by atoms with Gasteiger partial charge in [0.15, 0.2) is 5.96 Å². The van der Waals surface area contributed by atoms with E-state index in [1.165, 1.54) is 9.21 Å². The molecule has 12 heteroatoms. The van der Waals surface area contributed by atoms with Crippen LogP contribution in [0.1, 0.15) is 12.8 Å². The molecule has 2 N–H and O–H groups in total. The summed E-state index contributed by atoms with van der Waals surface area (Å²) in [5, 5.41) is 6.11. The standard InChI is InChI=1S/C13H24F3N5O2S.HI/c1-17-12(18-4-7-21-5-2-8-24(21,22)23)19-11-3-6-20(9-11)10-13(14,15)16;/h11H,2-10H2,1H3,(H2,17,18,19);1H. The van der Waals surface area contributed by atoms with Gasteiger partial charge in [-0.25, -0.2) is 12.7 Å². The fourth-order valence-electron chi connectivity index (χ4n) is 2.98. The smallest absolute Gasteiger partial charge is 0.355 e. The molecule has 2 aliphatic rings. The van der Waals surface area contributed by atoms with E-state index >= 15 is 0 Å². The van der Waals surface area contributed by atoms with Gasteiger partial charge in [-0.05, 0) is 12.8 Å². The van der Waals surface area contributed by atoms with Gasteiger partial charge in [0.05, 0.1) is 12.3 Å². The molecule has 25 heavy (non-hydrogen) atoms. The monoisotopic (exact) mass is 499 g/mol. The van der Waals surface area contributed by atoms with Gasteiger partial charge in [-0.3, -0.25) is 9.89 Å². The van der Waals surface area contributed by atoms with E-state index in [4.69, 9.17) is 0 Å². The highest BCUT2D eigenvalue weighted by Gasteiger charge is 2.34. The number of aliphatic imine (C=N–C) groups is 1. The van der Waals surface area contributed by atoms with Crippen LogP contribution in [0.25, 0.3) is 0 Å². The van der Waals surface area contributed by atoms with Gasteiger partial charge in [0, 0.05) is 45.8 Å². The number of guanidine groups is 1. The van der Waals surface area contributed by atoms with Crippen molar-refractivity contribution in [3.05, 3.63) is 0 Å². The molecule has 148 valence electrons. The van der Waals surface area contributed by atoms with Crippen LogP contribution in [-0.2, 0) is 10.0 Å². The van der Waals surface area contributed by atoms with Crippen molar-refractivity contribution in [2.75, 3.05) is 52.1 Å². The molecule has 0 aromatic heterocycles. The summed E-state index contributed by atoms with van der Waals surface area (Å²) in [5.74, 6) is 0.669. The van der Waals surface area contributed by atoms with E-state index in [-0.39, 0.29) is 35.8 Å². The molecular weight excluding hydrogens is 474 g/mol. The number of nitrogens with zero attached hydrogens (tertiary/aromatic N) is 3. The van der Waals surface area contributed by atoms with Gasteiger partial charge < -0.3 is 10.6 Å². The number of hydrogen-bond acceptors (Lipinski definition) is 4. The molecule has 0 aliphatic carbocycles. The SMILES string of the molecule is CN=C(NCCN1CCCS1(=O)=O)NC1CCN(CC(F)(F)F)C1.I. The molecule has 1 atom stereocenters. The summed E-state index contributed by atoms with van der Waals surface area (Å²) in [5.41, 5.74) is 0. The maximum Gasteiger partial charge on any atom is 0.401 e. The number of nitrogens with one attached hydrogen (secondary N) is 2. The van der Waals surface area contributed by atoms with E-state index in [0.717, 1.165) is 0 Å². The molecule has 1 unspecified atom stereocenters. The Morgan fingerprint density at radius 1 is 1.32 bits per heavy atom. The van der Waals surface area contributed by atoms with Crippen LogP contribution in [0.5, 0.6) is 0 Å². The van der Waals surface area contributed by atoms with Crippen LogP contribution >= 0.6 is 24.0 Å². The molecular formula is C13H25F3IN5O2S. The van der Waals surface area contributed by atoms with Crippen LogP contribution < -0.4 is 10.6 Å². The maximum absolute atomic E-state index is 12.4. The van der Waals surface area contributed by atoms with Crippen molar-refractivity contribution in [2.45, 2.75) is 25.1 Å². The Bertz CT molecular complexity index is 558. The van der Waals surface area contributed by atoms with Crippen molar-refractivity contribution in [1.29, 1.82) is 0 Å². The predicted molar refractivity (Wildman–Crippen MR) is 101 cm³/mol. The van der Waals surface area contributed by atoms with E-state index < -0.39 is 22.7 Å². The molecule has 2 heterocycles. The summed E-state index contributed by atoms with van der Waals surface area (Å²) in [6, 6.07) is -0.103. The van der Waals surface area contributed by atoms with Crippen LogP contribution in [0.15, 0.2) is 4.99 Å². The summed E-state index contributed by atoms with van der Waals surface area (Å²) in [6.45, 7) is 1.09. The molecule has 0 saturated carbocycles. The van der Waals surface area contributed by atoms with E-state index in [0.29, 0.717) is 51.5 Å². The Kier molecular flexibility index (Phi) is 8.67. The van der Waals surface area contributed by atoms with E-state index in [1.54, 1.807) is 7.05 Å². The van der Waals surface area contributed by atoms with Gasteiger partial charge in [-0.1, -0.05) is 0 Å². The summed E-state index contributed by atoms with van der Waals surface area (Å²) in [6.07, 6.45) is -2.93. The van der Waals surface area contributed by atoms with Crippen molar-refractivity contribution in [2.24, 2.45) is 4.99 Å². The molecule has 0 aromatic carbocycles. The molecule has 0 bridgehead atoms. The van der Waals surface area contributed by atoms with E-state index in [9.17, 15) is 21.6 Å². The highest BCUT2D eigenvalue weighted by Crippen LogP contribution is 2.19. The van der Waals surface area contributed by atoms with Crippen LogP contribution in [0.3, 0.4) is 0 Å². The zero-order chi connectivity index (χ0) is 17.8. The molecule has 2 fully saturated rings. The predicted octanol–water partition coefficient (Wildman–Crippen LogP) is 0.442. The Hall–Kier alpha value is -0.340. The van der Waals surface area contributed by atoms with Crippen molar-refractivity contribution in [3.63, 3.8) is 0 Å². The lowest BCUT2D eigenvalue weighted by molar-refractivity contribution is -0.143. The lowest BCUT2D eigenvalue weighted by Gasteiger charge is -2.20. The number of rotatable bonds is 5. The molecule has 0 spiro atoms. The quantitative estimate of drug-likeness (QED) is 0.327. The van der Waals surface area contributed by atoms with Gasteiger partial charge in [-0.2, -0.15) is 13.2 Å². The fourth-order valence-corrected chi connectivity index (χ4v) is 4.51. The maximum atomic E-state index is 12.4. The Balaban J connectivity index is 0.00000312. The molecule has 2 aliphatic heterocycles. The van der Waals surface area contributed by atoms with Gasteiger partial charge in [0.1, 0.15) is 0 Å². The third kappa shape index (κ3) is 7.43. The topological polar surface area (TPSA) is 77.0 Å². The summed E-state index contributed by atoms with van der Waals surface area (Å²) >= 11 is 0. The Morgan fingerprint density at radius 2 is 2.04 bits per heavy atom. The second-order valence-electron chi connectivity index (χ2n) is 6.05. The summed E-state index contributed by atoms with van der Waals surface area (Å²) in [4.78, 5) is 5.40. The van der Waals surface area contributed by atoms with E-state index in [2.05, 4.69) is 15.6 Å². The Labute approximate surface area is 163 Å². The lowest BCUT2D eigenvalue weighted by Crippen LogP contribution is -2.47. The van der Waals surface area contributed by atoms with Crippen LogP contribution in [0.4, 0.5) is 13.2 Å². The fraction of sp³-hybridized carbons (Fsp3) is 0.923. The third-order valence-corrected chi connectivity index (χ3v) is 6.05. The number of sulfonamides is 1. The van der Waals surface area contributed by atoms with Crippen molar-refractivity contribution in [3.8, 4) is 0 Å². The van der Waals surface area contributed by atoms with Crippen molar-refractivity contribution < 1.29 is 21.6 Å². The molecule has 0 aromatic rings. The molecule has 7 nitrogen and oxygen atoms in total. The first-order valence-corrected chi connectivity index (χ1v) is 9.54. The first kappa shape index (κ1) is 22.7. The van der Waals surface area contributed by atoms with Crippen molar-refractivity contribution in [1.82, 2.24) is 19.8 Å². The van der Waals surface area contributed by atoms with Gasteiger partial charge in [0.25, 0.3) is 0 Å². The molecule has 0 radical (unpaired) electrons. The number of alkyl halides is 3. The number of halogens is 4. The van der Waals surface area contributed by atoms with E-state index in [1.807, 2.05) is 0 Å². The van der Waals surface area contributed by atoms with Gasteiger partial charge in [0.2, 0.25) is 10.0 Å². The molecule has 2 saturated heterocycles. The first-order chi connectivity index (χ1) is 11.2. The second-order valence-corrected chi connectivity index (χ2v) is 8.14. The summed E-state index contributed by atoms with van der Waals surface area (Å²) in [7, 11) is -1.55. The molecule has 0 amide bonds. The minimum Gasteiger partial charge on any atom is -0.355 e. The van der Waals surface area contributed by atoms with Crippen LogP contribution in [0, 0.1) is 0 Å². The van der Waals surface area contributed by atoms with Crippen LogP contribution in [0.2, 0.25) is 0 Å². The Morgan fingerprint density at radius 3 is 2.60 bits per heavy atom. The highest BCUT2D eigenvalue weighted by atomic mass is 127. The van der Waals surface area contributed by atoms with Crippen molar-refractivity contribution >= 4 is 40.0 Å². The number of hydrogen-bond donors (Lipinski definition) is 2. The normalized spacial score (nSPS) is 25.0. The largest absolute Gasteiger partial charge is 0.401 e. The third-order valence-electron chi connectivity index (χ3n) is 4.10. The minimum absolute atomic E-state index is 0. The molecule has 2 rings (SSSR count). The summed E-state index contributed by atoms with van der Waals surface area (Å²) < 4.78 is 62.0. The van der Waals surface area contributed by atoms with Crippen LogP contribution in [-0.4, -0.2) is 87.9 Å². The van der Waals surface area contributed by atoms with Gasteiger partial charge >= 0.3 is 6.18 Å². The second kappa shape index (κ2) is 9.55. The number of likely N-dealkylation sites (tertiary alicyclic amines) is 1. The first-order valence-electron chi connectivity index (χ1n) is 7.94. The average molecular weight is 499 g/mol.